The second-order valence-corrected chi connectivity index (χ2v) is 9.88. The molecule has 208 valence electrons. The normalized spacial score (nSPS) is 17.3. The van der Waals surface area contributed by atoms with Crippen molar-refractivity contribution in [2.24, 2.45) is 5.92 Å². The summed E-state index contributed by atoms with van der Waals surface area (Å²) in [6.07, 6.45) is -0.0433. The van der Waals surface area contributed by atoms with Crippen molar-refractivity contribution in [2.75, 3.05) is 54.1 Å². The summed E-state index contributed by atoms with van der Waals surface area (Å²) in [6.45, 7) is 7.23. The number of carbonyl (C=O) groups excluding carboxylic acids is 2. The number of hydrogen-bond acceptors (Lipinski definition) is 7. The summed E-state index contributed by atoms with van der Waals surface area (Å²) >= 11 is 0. The van der Waals surface area contributed by atoms with Crippen molar-refractivity contribution in [3.63, 3.8) is 0 Å². The van der Waals surface area contributed by atoms with Crippen molar-refractivity contribution in [3.05, 3.63) is 59.7 Å². The highest BCUT2D eigenvalue weighted by atomic mass is 16.6. The molecule has 0 radical (unpaired) electrons. The molecule has 2 aromatic rings. The van der Waals surface area contributed by atoms with Gasteiger partial charge in [-0.2, -0.15) is 0 Å². The Bertz CT molecular complexity index is 1030. The molecule has 0 bridgehead atoms. The fourth-order valence-corrected chi connectivity index (χ4v) is 4.56. The molecule has 1 saturated heterocycles. The molecule has 9 heteroatoms. The number of likely N-dealkylation sites (tertiary alicyclic amines) is 1. The van der Waals surface area contributed by atoms with Crippen LogP contribution in [0.5, 0.6) is 11.5 Å². The van der Waals surface area contributed by atoms with E-state index in [0.29, 0.717) is 49.9 Å². The molecule has 1 fully saturated rings. The second-order valence-electron chi connectivity index (χ2n) is 9.88. The number of carbonyl (C=O) groups is 2. The maximum Gasteiger partial charge on any atom is 0.407 e. The molecule has 1 aliphatic heterocycles. The molecule has 2 atom stereocenters. The van der Waals surface area contributed by atoms with E-state index in [0.717, 1.165) is 18.5 Å². The summed E-state index contributed by atoms with van der Waals surface area (Å²) in [7, 11) is 5.22. The lowest BCUT2D eigenvalue weighted by Crippen LogP contribution is -2.44. The monoisotopic (exact) mass is 527 g/mol. The Kier molecular flexibility index (Phi) is 11.2. The Morgan fingerprint density at radius 2 is 1.82 bits per heavy atom. The average molecular weight is 528 g/mol. The van der Waals surface area contributed by atoms with Crippen molar-refractivity contribution < 1.29 is 28.5 Å². The molecule has 0 aromatic heterocycles. The standard InChI is InChI=1S/C29H41N3O6/c1-21(2)32(28(33)23-12-13-25(36-5)26(16-23)37-15-9-14-35-4)19-24-18-31(3)20-27(24)38-29(34)30-17-22-10-7-6-8-11-22/h6-8,10-13,16,21,24,27H,9,14-15,17-20H2,1-5H3,(H,30,34)/t24-,27-/m0/s1. The third-order valence-electron chi connectivity index (χ3n) is 6.58. The van der Waals surface area contributed by atoms with E-state index in [2.05, 4.69) is 10.2 Å². The first-order valence-electron chi connectivity index (χ1n) is 13.1. The van der Waals surface area contributed by atoms with E-state index in [4.69, 9.17) is 18.9 Å². The van der Waals surface area contributed by atoms with Crippen LogP contribution in [0.4, 0.5) is 4.79 Å². The van der Waals surface area contributed by atoms with Gasteiger partial charge in [-0.3, -0.25) is 4.79 Å². The largest absolute Gasteiger partial charge is 0.493 e. The third-order valence-corrected chi connectivity index (χ3v) is 6.58. The Labute approximate surface area is 226 Å². The number of methoxy groups -OCH3 is 2. The zero-order valence-electron chi connectivity index (χ0n) is 23.1. The van der Waals surface area contributed by atoms with Gasteiger partial charge in [-0.05, 0) is 44.7 Å². The molecule has 0 aliphatic carbocycles. The summed E-state index contributed by atoms with van der Waals surface area (Å²) < 4.78 is 22.2. The van der Waals surface area contributed by atoms with Gasteiger partial charge in [0.15, 0.2) is 11.5 Å². The fourth-order valence-electron chi connectivity index (χ4n) is 4.56. The SMILES string of the molecule is COCCCOc1cc(C(=O)N(C[C@@H]2CN(C)C[C@@H]2OC(=O)NCc2ccccc2)C(C)C)ccc1OC. The number of nitrogens with zero attached hydrogens (tertiary/aromatic N) is 2. The predicted octanol–water partition coefficient (Wildman–Crippen LogP) is 3.82. The lowest BCUT2D eigenvalue weighted by atomic mass is 10.0. The van der Waals surface area contributed by atoms with Gasteiger partial charge in [-0.1, -0.05) is 30.3 Å². The highest BCUT2D eigenvalue weighted by molar-refractivity contribution is 5.95. The molecule has 1 heterocycles. The van der Waals surface area contributed by atoms with Gasteiger partial charge in [0, 0.05) is 63.8 Å². The van der Waals surface area contributed by atoms with Gasteiger partial charge >= 0.3 is 6.09 Å². The van der Waals surface area contributed by atoms with Crippen molar-refractivity contribution in [1.29, 1.82) is 0 Å². The minimum Gasteiger partial charge on any atom is -0.493 e. The molecular weight excluding hydrogens is 486 g/mol. The van der Waals surface area contributed by atoms with Crippen molar-refractivity contribution >= 4 is 12.0 Å². The summed E-state index contributed by atoms with van der Waals surface area (Å²) in [6, 6.07) is 14.9. The number of benzene rings is 2. The molecule has 1 aliphatic rings. The van der Waals surface area contributed by atoms with E-state index in [1.165, 1.54) is 0 Å². The second kappa shape index (κ2) is 14.6. The number of alkyl carbamates (subject to hydrolysis) is 1. The number of rotatable bonds is 13. The zero-order valence-corrected chi connectivity index (χ0v) is 23.1. The lowest BCUT2D eigenvalue weighted by Gasteiger charge is -2.31. The minimum atomic E-state index is -0.452. The fraction of sp³-hybridized carbons (Fsp3) is 0.517. The molecule has 0 unspecified atom stereocenters. The van der Waals surface area contributed by atoms with Gasteiger partial charge in [0.2, 0.25) is 0 Å². The topological polar surface area (TPSA) is 89.6 Å². The van der Waals surface area contributed by atoms with E-state index >= 15 is 0 Å². The smallest absolute Gasteiger partial charge is 0.407 e. The van der Waals surface area contributed by atoms with Gasteiger partial charge in [0.05, 0.1) is 13.7 Å². The summed E-state index contributed by atoms with van der Waals surface area (Å²) in [5.74, 6) is 0.973. The van der Waals surface area contributed by atoms with E-state index in [-0.39, 0.29) is 24.0 Å². The van der Waals surface area contributed by atoms with E-state index in [9.17, 15) is 9.59 Å². The molecule has 2 aromatic carbocycles. The Morgan fingerprint density at radius 1 is 1.05 bits per heavy atom. The molecule has 3 rings (SSSR count). The van der Waals surface area contributed by atoms with Crippen LogP contribution in [0.25, 0.3) is 0 Å². The summed E-state index contributed by atoms with van der Waals surface area (Å²) in [5.41, 5.74) is 1.52. The number of ether oxygens (including phenoxy) is 4. The van der Waals surface area contributed by atoms with Crippen LogP contribution in [0.2, 0.25) is 0 Å². The first-order valence-corrected chi connectivity index (χ1v) is 13.1. The van der Waals surface area contributed by atoms with E-state index in [1.54, 1.807) is 32.4 Å². The Morgan fingerprint density at radius 3 is 2.50 bits per heavy atom. The maximum atomic E-state index is 13.6. The van der Waals surface area contributed by atoms with Crippen LogP contribution >= 0.6 is 0 Å². The lowest BCUT2D eigenvalue weighted by molar-refractivity contribution is 0.0519. The predicted molar refractivity (Wildman–Crippen MR) is 146 cm³/mol. The molecule has 38 heavy (non-hydrogen) atoms. The summed E-state index contributed by atoms with van der Waals surface area (Å²) in [5, 5.41) is 2.83. The Balaban J connectivity index is 1.66. The number of amides is 2. The average Bonchev–Trinajstić information content (AvgIpc) is 3.26. The van der Waals surface area contributed by atoms with Gasteiger partial charge in [0.25, 0.3) is 5.91 Å². The molecule has 9 nitrogen and oxygen atoms in total. The molecular formula is C29H41N3O6. The van der Waals surface area contributed by atoms with E-state index < -0.39 is 6.09 Å². The number of hydrogen-bond donors (Lipinski definition) is 1. The zero-order chi connectivity index (χ0) is 27.5. The third kappa shape index (κ3) is 8.36. The number of likely N-dealkylation sites (N-methyl/N-ethyl adjacent to an activating group) is 1. The van der Waals surface area contributed by atoms with Crippen LogP contribution in [0.3, 0.4) is 0 Å². The van der Waals surface area contributed by atoms with Crippen molar-refractivity contribution in [3.8, 4) is 11.5 Å². The molecule has 2 amide bonds. The molecule has 0 spiro atoms. The minimum absolute atomic E-state index is 0.0168. The molecule has 1 N–H and O–H groups in total. The first kappa shape index (κ1) is 29.3. The van der Waals surface area contributed by atoms with Crippen LogP contribution < -0.4 is 14.8 Å². The number of nitrogens with one attached hydrogen (secondary N) is 1. The highest BCUT2D eigenvalue weighted by Crippen LogP contribution is 2.30. The van der Waals surface area contributed by atoms with Crippen LogP contribution in [-0.4, -0.2) is 88.1 Å². The van der Waals surface area contributed by atoms with Crippen molar-refractivity contribution in [2.45, 2.75) is 39.0 Å². The van der Waals surface area contributed by atoms with Crippen LogP contribution in [0.15, 0.2) is 48.5 Å². The van der Waals surface area contributed by atoms with Gasteiger partial charge < -0.3 is 34.1 Å². The van der Waals surface area contributed by atoms with E-state index in [1.807, 2.05) is 56.1 Å². The van der Waals surface area contributed by atoms with Gasteiger partial charge in [-0.15, -0.1) is 0 Å². The quantitative estimate of drug-likeness (QED) is 0.396. The van der Waals surface area contributed by atoms with Crippen molar-refractivity contribution in [1.82, 2.24) is 15.1 Å². The molecule has 0 saturated carbocycles. The first-order chi connectivity index (χ1) is 18.3. The van der Waals surface area contributed by atoms with Crippen LogP contribution in [-0.2, 0) is 16.0 Å². The highest BCUT2D eigenvalue weighted by Gasteiger charge is 2.36. The summed E-state index contributed by atoms with van der Waals surface area (Å²) in [4.78, 5) is 30.2. The Hall–Kier alpha value is -3.30. The van der Waals surface area contributed by atoms with Crippen LogP contribution in [0.1, 0.15) is 36.2 Å². The van der Waals surface area contributed by atoms with Gasteiger partial charge in [-0.25, -0.2) is 4.79 Å². The van der Waals surface area contributed by atoms with Gasteiger partial charge in [0.1, 0.15) is 6.10 Å². The maximum absolute atomic E-state index is 13.6. The van der Waals surface area contributed by atoms with Crippen LogP contribution in [0, 0.1) is 5.92 Å².